The first kappa shape index (κ1) is 23.1. The van der Waals surface area contributed by atoms with Gasteiger partial charge in [0.05, 0.1) is 12.7 Å². The Morgan fingerprint density at radius 1 is 1.15 bits per heavy atom. The van der Waals surface area contributed by atoms with Gasteiger partial charge in [-0.15, -0.1) is 0 Å². The van der Waals surface area contributed by atoms with Crippen molar-refractivity contribution in [3.05, 3.63) is 87.0 Å². The Bertz CT molecular complexity index is 1180. The van der Waals surface area contributed by atoms with E-state index in [0.717, 1.165) is 16.9 Å². The van der Waals surface area contributed by atoms with Crippen LogP contribution in [0.3, 0.4) is 0 Å². The molecule has 4 rings (SSSR count). The van der Waals surface area contributed by atoms with Crippen molar-refractivity contribution in [2.75, 3.05) is 26.1 Å². The third kappa shape index (κ3) is 4.27. The van der Waals surface area contributed by atoms with Gasteiger partial charge in [0.15, 0.2) is 5.78 Å². The van der Waals surface area contributed by atoms with Gasteiger partial charge in [0.2, 0.25) is 0 Å². The first-order chi connectivity index (χ1) is 15.7. The van der Waals surface area contributed by atoms with Crippen molar-refractivity contribution in [2.45, 2.75) is 31.6 Å². The van der Waals surface area contributed by atoms with Crippen molar-refractivity contribution < 1.29 is 18.7 Å². The number of dihydropyridines is 1. The molecule has 7 heteroatoms. The summed E-state index contributed by atoms with van der Waals surface area (Å²) in [5.74, 6) is -1.58. The van der Waals surface area contributed by atoms with Gasteiger partial charge in [-0.3, -0.25) is 4.79 Å². The van der Waals surface area contributed by atoms with E-state index in [4.69, 9.17) is 16.3 Å². The number of methoxy groups -OCH3 is 1. The van der Waals surface area contributed by atoms with E-state index in [0.29, 0.717) is 33.9 Å². The van der Waals surface area contributed by atoms with Crippen molar-refractivity contribution in [1.29, 1.82) is 0 Å². The number of anilines is 1. The molecule has 2 aromatic rings. The average molecular weight is 469 g/mol. The lowest BCUT2D eigenvalue weighted by molar-refractivity contribution is -0.136. The van der Waals surface area contributed by atoms with Crippen molar-refractivity contribution in [3.63, 3.8) is 0 Å². The van der Waals surface area contributed by atoms with Gasteiger partial charge >= 0.3 is 5.97 Å². The lowest BCUT2D eigenvalue weighted by atomic mass is 9.71. The molecule has 0 saturated carbocycles. The molecule has 0 amide bonds. The Labute approximate surface area is 197 Å². The summed E-state index contributed by atoms with van der Waals surface area (Å²) in [6.07, 6.45) is 0.839. The Morgan fingerprint density at radius 2 is 1.85 bits per heavy atom. The van der Waals surface area contributed by atoms with Crippen LogP contribution in [0.1, 0.15) is 42.7 Å². The summed E-state index contributed by atoms with van der Waals surface area (Å²) >= 11 is 6.69. The minimum atomic E-state index is -0.626. The normalized spacial score (nSPS) is 20.4. The third-order valence-corrected chi connectivity index (χ3v) is 6.71. The highest BCUT2D eigenvalue weighted by molar-refractivity contribution is 6.32. The zero-order chi connectivity index (χ0) is 23.9. The molecule has 1 N–H and O–H groups in total. The molecule has 2 atom stereocenters. The minimum Gasteiger partial charge on any atom is -0.466 e. The quantitative estimate of drug-likeness (QED) is 0.634. The first-order valence-corrected chi connectivity index (χ1v) is 11.1. The van der Waals surface area contributed by atoms with Gasteiger partial charge in [-0.05, 0) is 54.7 Å². The van der Waals surface area contributed by atoms with E-state index >= 15 is 0 Å². The molecular formula is C26H26ClFN2O3. The summed E-state index contributed by atoms with van der Waals surface area (Å²) in [6.45, 7) is 1.80. The number of benzene rings is 2. The Hall–Kier alpha value is -3.12. The van der Waals surface area contributed by atoms with Crippen molar-refractivity contribution in [1.82, 2.24) is 5.32 Å². The number of rotatable bonds is 4. The molecule has 172 valence electrons. The van der Waals surface area contributed by atoms with E-state index in [1.54, 1.807) is 19.1 Å². The van der Waals surface area contributed by atoms with Crippen molar-refractivity contribution in [2.24, 2.45) is 0 Å². The average Bonchev–Trinajstić information content (AvgIpc) is 2.78. The van der Waals surface area contributed by atoms with Gasteiger partial charge in [-0.25, -0.2) is 9.18 Å². The zero-order valence-corrected chi connectivity index (χ0v) is 19.8. The maximum absolute atomic E-state index is 13.5. The fourth-order valence-electron chi connectivity index (χ4n) is 4.73. The van der Waals surface area contributed by atoms with Crippen LogP contribution in [0.15, 0.2) is 65.0 Å². The van der Waals surface area contributed by atoms with Crippen LogP contribution in [0.4, 0.5) is 10.1 Å². The van der Waals surface area contributed by atoms with Crippen LogP contribution in [0.2, 0.25) is 5.02 Å². The molecule has 33 heavy (non-hydrogen) atoms. The fourth-order valence-corrected chi connectivity index (χ4v) is 5.01. The number of nitrogens with one attached hydrogen (secondary N) is 1. The Morgan fingerprint density at radius 3 is 2.45 bits per heavy atom. The second-order valence-electron chi connectivity index (χ2n) is 8.66. The van der Waals surface area contributed by atoms with Crippen LogP contribution in [0, 0.1) is 5.82 Å². The predicted molar refractivity (Wildman–Crippen MR) is 127 cm³/mol. The highest BCUT2D eigenvalue weighted by atomic mass is 35.5. The minimum absolute atomic E-state index is 0.0651. The molecule has 0 fully saturated rings. The number of carbonyl (C=O) groups is 2. The van der Waals surface area contributed by atoms with E-state index < -0.39 is 11.9 Å². The number of Topliss-reactive ketones (excluding diaryl/α,β-unsaturated/α-hetero) is 1. The number of hydrogen-bond donors (Lipinski definition) is 1. The number of ether oxygens (including phenoxy) is 1. The lowest BCUT2D eigenvalue weighted by Gasteiger charge is -2.37. The second kappa shape index (κ2) is 9.02. The zero-order valence-electron chi connectivity index (χ0n) is 19.0. The van der Waals surface area contributed by atoms with Crippen LogP contribution >= 0.6 is 11.6 Å². The molecule has 0 bridgehead atoms. The summed E-state index contributed by atoms with van der Waals surface area (Å²) in [5.41, 5.74) is 4.82. The monoisotopic (exact) mass is 468 g/mol. The number of nitrogens with zero attached hydrogens (tertiary/aromatic N) is 1. The molecule has 5 nitrogen and oxygen atoms in total. The molecule has 0 radical (unpaired) electrons. The summed E-state index contributed by atoms with van der Waals surface area (Å²) in [5, 5.41) is 3.76. The summed E-state index contributed by atoms with van der Waals surface area (Å²) in [4.78, 5) is 28.3. The number of hydrogen-bond acceptors (Lipinski definition) is 5. The van der Waals surface area contributed by atoms with Crippen LogP contribution in [0.5, 0.6) is 0 Å². The number of carbonyl (C=O) groups excluding carboxylic acids is 2. The molecule has 0 saturated heterocycles. The smallest absolute Gasteiger partial charge is 0.336 e. The van der Waals surface area contributed by atoms with E-state index in [1.165, 1.54) is 19.2 Å². The molecule has 2 aliphatic rings. The number of esters is 1. The second-order valence-corrected chi connectivity index (χ2v) is 9.07. The van der Waals surface area contributed by atoms with Gasteiger partial charge in [-0.1, -0.05) is 29.8 Å². The molecule has 1 heterocycles. The van der Waals surface area contributed by atoms with Gasteiger partial charge < -0.3 is 15.0 Å². The third-order valence-electron chi connectivity index (χ3n) is 6.39. The summed E-state index contributed by atoms with van der Waals surface area (Å²) < 4.78 is 18.5. The predicted octanol–water partition coefficient (Wildman–Crippen LogP) is 5.08. The SMILES string of the molecule is COC(=O)C1=C(C)NC2=C(C(=O)C[C@@H](c3ccc(F)cc3)C2)[C@@H]1c1ccc(N(C)C)cc1Cl. The Balaban J connectivity index is 1.82. The molecule has 1 aliphatic heterocycles. The van der Waals surface area contributed by atoms with Gasteiger partial charge in [0, 0.05) is 54.1 Å². The molecule has 0 spiro atoms. The van der Waals surface area contributed by atoms with E-state index in [1.807, 2.05) is 37.2 Å². The van der Waals surface area contributed by atoms with E-state index in [-0.39, 0.29) is 23.9 Å². The molecule has 0 unspecified atom stereocenters. The topological polar surface area (TPSA) is 58.6 Å². The first-order valence-electron chi connectivity index (χ1n) is 10.8. The largest absolute Gasteiger partial charge is 0.466 e. The summed E-state index contributed by atoms with van der Waals surface area (Å²) in [6, 6.07) is 11.9. The maximum Gasteiger partial charge on any atom is 0.336 e. The molecule has 0 aromatic heterocycles. The fraction of sp³-hybridized carbons (Fsp3) is 0.308. The van der Waals surface area contributed by atoms with Gasteiger partial charge in [0.25, 0.3) is 0 Å². The van der Waals surface area contributed by atoms with Crippen LogP contribution in [-0.2, 0) is 14.3 Å². The van der Waals surface area contributed by atoms with Gasteiger partial charge in [0.1, 0.15) is 5.82 Å². The lowest BCUT2D eigenvalue weighted by Crippen LogP contribution is -2.36. The number of ketones is 1. The van der Waals surface area contributed by atoms with E-state index in [9.17, 15) is 14.0 Å². The highest BCUT2D eigenvalue weighted by Crippen LogP contribution is 2.47. The summed E-state index contributed by atoms with van der Waals surface area (Å²) in [7, 11) is 5.16. The molecule has 1 aliphatic carbocycles. The molecular weight excluding hydrogens is 443 g/mol. The number of halogens is 2. The van der Waals surface area contributed by atoms with Crippen LogP contribution in [0.25, 0.3) is 0 Å². The van der Waals surface area contributed by atoms with Crippen molar-refractivity contribution in [3.8, 4) is 0 Å². The van der Waals surface area contributed by atoms with Gasteiger partial charge in [-0.2, -0.15) is 0 Å². The van der Waals surface area contributed by atoms with Crippen molar-refractivity contribution >= 4 is 29.0 Å². The highest BCUT2D eigenvalue weighted by Gasteiger charge is 2.42. The van der Waals surface area contributed by atoms with Crippen LogP contribution in [-0.4, -0.2) is 33.0 Å². The maximum atomic E-state index is 13.5. The number of allylic oxidation sites excluding steroid dienone is 3. The van der Waals surface area contributed by atoms with Crippen LogP contribution < -0.4 is 10.2 Å². The molecule has 2 aromatic carbocycles. The standard InChI is InChI=1S/C26H26ClFN2O3/c1-14-23(26(32)33-4)24(19-10-9-18(30(2)3)13-20(19)27)25-21(29-14)11-16(12-22(25)31)15-5-7-17(28)8-6-15/h5-10,13,16,24,29H,11-12H2,1-4H3/t16-,24+/m0/s1. The van der Waals surface area contributed by atoms with E-state index in [2.05, 4.69) is 5.32 Å². The Kier molecular flexibility index (Phi) is 6.30.